The quantitative estimate of drug-likeness (QED) is 0.562. The molecule has 0 aliphatic carbocycles. The Morgan fingerprint density at radius 2 is 2.04 bits per heavy atom. The van der Waals surface area contributed by atoms with Gasteiger partial charge in [0.25, 0.3) is 5.56 Å². The predicted molar refractivity (Wildman–Crippen MR) is 103 cm³/mol. The van der Waals surface area contributed by atoms with Crippen molar-refractivity contribution in [2.24, 2.45) is 0 Å². The Bertz CT molecular complexity index is 1080. The molecular formula is C19H16FN3OS2. The van der Waals surface area contributed by atoms with E-state index in [9.17, 15) is 9.18 Å². The van der Waals surface area contributed by atoms with Crippen LogP contribution in [0.25, 0.3) is 4.96 Å². The highest BCUT2D eigenvalue weighted by atomic mass is 32.1. The van der Waals surface area contributed by atoms with E-state index in [-0.39, 0.29) is 17.4 Å². The Balaban J connectivity index is 1.63. The minimum atomic E-state index is -0.258. The molecule has 3 heterocycles. The van der Waals surface area contributed by atoms with Crippen LogP contribution < -0.4 is 10.9 Å². The van der Waals surface area contributed by atoms with Crippen molar-refractivity contribution in [3.05, 3.63) is 91.2 Å². The summed E-state index contributed by atoms with van der Waals surface area (Å²) in [6, 6.07) is 12.0. The first-order valence-electron chi connectivity index (χ1n) is 8.11. The SMILES string of the molecule is Cc1csc2nc(CNC(c3ccc(F)cc3)c3cccs3)cc(=O)n12. The lowest BCUT2D eigenvalue weighted by molar-refractivity contribution is 0.597. The molecule has 1 unspecified atom stereocenters. The first kappa shape index (κ1) is 17.1. The molecule has 1 aromatic carbocycles. The monoisotopic (exact) mass is 385 g/mol. The molecular weight excluding hydrogens is 369 g/mol. The minimum Gasteiger partial charge on any atom is -0.300 e. The van der Waals surface area contributed by atoms with Crippen LogP contribution in [0.5, 0.6) is 0 Å². The van der Waals surface area contributed by atoms with Gasteiger partial charge in [-0.15, -0.1) is 22.7 Å². The smallest absolute Gasteiger partial charge is 0.259 e. The summed E-state index contributed by atoms with van der Waals surface area (Å²) in [5, 5.41) is 7.39. The Hall–Kier alpha value is -2.35. The average Bonchev–Trinajstić information content (AvgIpc) is 3.27. The zero-order valence-electron chi connectivity index (χ0n) is 14.0. The van der Waals surface area contributed by atoms with Gasteiger partial charge in [0.05, 0.1) is 11.7 Å². The molecule has 0 fully saturated rings. The number of nitrogens with zero attached hydrogens (tertiary/aromatic N) is 2. The Morgan fingerprint density at radius 1 is 1.23 bits per heavy atom. The molecule has 0 aliphatic rings. The number of nitrogens with one attached hydrogen (secondary N) is 1. The number of benzene rings is 1. The zero-order chi connectivity index (χ0) is 18.1. The standard InChI is InChI=1S/C19H16FN3OS2/c1-12-11-26-19-22-15(9-17(24)23(12)19)10-21-18(16-3-2-8-25-16)13-4-6-14(20)7-5-13/h2-9,11,18,21H,10H2,1H3. The Morgan fingerprint density at radius 3 is 2.77 bits per heavy atom. The molecule has 132 valence electrons. The lowest BCUT2D eigenvalue weighted by Crippen LogP contribution is -2.24. The van der Waals surface area contributed by atoms with Crippen molar-refractivity contribution in [1.82, 2.24) is 14.7 Å². The van der Waals surface area contributed by atoms with Gasteiger partial charge >= 0.3 is 0 Å². The van der Waals surface area contributed by atoms with E-state index >= 15 is 0 Å². The molecule has 26 heavy (non-hydrogen) atoms. The van der Waals surface area contributed by atoms with E-state index in [1.807, 2.05) is 29.8 Å². The predicted octanol–water partition coefficient (Wildman–Crippen LogP) is 4.14. The van der Waals surface area contributed by atoms with Crippen LogP contribution in [0.15, 0.2) is 58.0 Å². The molecule has 0 aliphatic heterocycles. The summed E-state index contributed by atoms with van der Waals surface area (Å²) in [7, 11) is 0. The van der Waals surface area contributed by atoms with Crippen molar-refractivity contribution in [3.8, 4) is 0 Å². The van der Waals surface area contributed by atoms with Crippen LogP contribution in [0.4, 0.5) is 4.39 Å². The van der Waals surface area contributed by atoms with E-state index in [1.54, 1.807) is 33.9 Å². The maximum atomic E-state index is 13.3. The second-order valence-corrected chi connectivity index (χ2v) is 7.78. The fraction of sp³-hybridized carbons (Fsp3) is 0.158. The number of thiophene rings is 1. The second kappa shape index (κ2) is 7.11. The highest BCUT2D eigenvalue weighted by Crippen LogP contribution is 2.26. The van der Waals surface area contributed by atoms with Crippen molar-refractivity contribution in [2.75, 3.05) is 0 Å². The summed E-state index contributed by atoms with van der Waals surface area (Å²) in [5.41, 5.74) is 2.49. The number of aromatic nitrogens is 2. The molecule has 4 rings (SSSR count). The van der Waals surface area contributed by atoms with Crippen LogP contribution in [0.3, 0.4) is 0 Å². The van der Waals surface area contributed by atoms with E-state index < -0.39 is 0 Å². The van der Waals surface area contributed by atoms with E-state index in [2.05, 4.69) is 10.3 Å². The lowest BCUT2D eigenvalue weighted by Gasteiger charge is -2.18. The number of hydrogen-bond acceptors (Lipinski definition) is 5. The largest absolute Gasteiger partial charge is 0.300 e. The van der Waals surface area contributed by atoms with Crippen LogP contribution >= 0.6 is 22.7 Å². The number of rotatable bonds is 5. The van der Waals surface area contributed by atoms with E-state index in [4.69, 9.17) is 0 Å². The summed E-state index contributed by atoms with van der Waals surface area (Å²) in [4.78, 5) is 18.7. The average molecular weight is 385 g/mol. The second-order valence-electron chi connectivity index (χ2n) is 5.96. The number of fused-ring (bicyclic) bond motifs is 1. The Labute approximate surface area is 157 Å². The lowest BCUT2D eigenvalue weighted by atomic mass is 10.1. The maximum absolute atomic E-state index is 13.3. The molecule has 1 N–H and O–H groups in total. The van der Waals surface area contributed by atoms with Crippen LogP contribution in [0, 0.1) is 12.7 Å². The molecule has 0 radical (unpaired) electrons. The molecule has 0 amide bonds. The first-order chi connectivity index (χ1) is 12.6. The fourth-order valence-corrected chi connectivity index (χ4v) is 4.61. The Kier molecular flexibility index (Phi) is 4.67. The van der Waals surface area contributed by atoms with Gasteiger partial charge in [-0.2, -0.15) is 0 Å². The third-order valence-corrected chi connectivity index (χ3v) is 6.03. The van der Waals surface area contributed by atoms with Gasteiger partial charge in [-0.25, -0.2) is 9.37 Å². The van der Waals surface area contributed by atoms with E-state index in [0.717, 1.165) is 16.1 Å². The van der Waals surface area contributed by atoms with Crippen LogP contribution in [0.2, 0.25) is 0 Å². The van der Waals surface area contributed by atoms with E-state index in [0.29, 0.717) is 17.2 Å². The van der Waals surface area contributed by atoms with Gasteiger partial charge in [0.2, 0.25) is 0 Å². The normalized spacial score (nSPS) is 12.5. The molecule has 0 bridgehead atoms. The number of thiazole rings is 1. The molecule has 0 saturated heterocycles. The maximum Gasteiger partial charge on any atom is 0.259 e. The van der Waals surface area contributed by atoms with Crippen LogP contribution in [-0.2, 0) is 6.54 Å². The molecule has 4 nitrogen and oxygen atoms in total. The minimum absolute atomic E-state index is 0.0694. The molecule has 1 atom stereocenters. The summed E-state index contributed by atoms with van der Waals surface area (Å²) in [6.07, 6.45) is 0. The molecule has 0 spiro atoms. The topological polar surface area (TPSA) is 46.4 Å². The van der Waals surface area contributed by atoms with Gasteiger partial charge in [-0.3, -0.25) is 14.5 Å². The molecule has 3 aromatic heterocycles. The third-order valence-electron chi connectivity index (χ3n) is 4.15. The summed E-state index contributed by atoms with van der Waals surface area (Å²) in [6.45, 7) is 2.34. The van der Waals surface area contributed by atoms with Crippen LogP contribution in [0.1, 0.15) is 27.9 Å². The summed E-state index contributed by atoms with van der Waals surface area (Å²) in [5.74, 6) is -0.258. The van der Waals surface area contributed by atoms with Crippen molar-refractivity contribution in [1.29, 1.82) is 0 Å². The van der Waals surface area contributed by atoms with Crippen molar-refractivity contribution >= 4 is 27.6 Å². The van der Waals surface area contributed by atoms with Crippen molar-refractivity contribution in [2.45, 2.75) is 19.5 Å². The highest BCUT2D eigenvalue weighted by Gasteiger charge is 2.16. The van der Waals surface area contributed by atoms with E-state index in [1.165, 1.54) is 23.5 Å². The fourth-order valence-electron chi connectivity index (χ4n) is 2.89. The molecule has 4 aromatic rings. The first-order valence-corrected chi connectivity index (χ1v) is 9.87. The molecule has 0 saturated carbocycles. The van der Waals surface area contributed by atoms with Gasteiger partial charge in [0.15, 0.2) is 4.96 Å². The third kappa shape index (κ3) is 3.33. The van der Waals surface area contributed by atoms with Crippen molar-refractivity contribution in [3.63, 3.8) is 0 Å². The number of aryl methyl sites for hydroxylation is 1. The van der Waals surface area contributed by atoms with Gasteiger partial charge in [-0.05, 0) is 36.1 Å². The zero-order valence-corrected chi connectivity index (χ0v) is 15.6. The summed E-state index contributed by atoms with van der Waals surface area (Å²) < 4.78 is 14.9. The van der Waals surface area contributed by atoms with Gasteiger partial charge in [-0.1, -0.05) is 18.2 Å². The van der Waals surface area contributed by atoms with Crippen molar-refractivity contribution < 1.29 is 4.39 Å². The highest BCUT2D eigenvalue weighted by molar-refractivity contribution is 7.15. The van der Waals surface area contributed by atoms with Gasteiger partial charge in [0.1, 0.15) is 5.82 Å². The van der Waals surface area contributed by atoms with Gasteiger partial charge < -0.3 is 0 Å². The number of hydrogen-bond donors (Lipinski definition) is 1. The molecule has 7 heteroatoms. The summed E-state index contributed by atoms with van der Waals surface area (Å²) >= 11 is 3.09. The van der Waals surface area contributed by atoms with Gasteiger partial charge in [0, 0.05) is 28.6 Å². The van der Waals surface area contributed by atoms with Crippen LogP contribution in [-0.4, -0.2) is 9.38 Å². The number of halogens is 1.